The Kier molecular flexibility index (Phi) is 2.18. The van der Waals surface area contributed by atoms with Gasteiger partial charge in [0.25, 0.3) is 0 Å². The van der Waals surface area contributed by atoms with Gasteiger partial charge in [0.1, 0.15) is 31.2 Å². The first-order valence-corrected chi connectivity index (χ1v) is 2.01. The van der Waals surface area contributed by atoms with E-state index < -0.39 is 0 Å². The Balaban J connectivity index is 2.32. The summed E-state index contributed by atoms with van der Waals surface area (Å²) in [7, 11) is 8.92. The number of hydrogen-bond acceptors (Lipinski definition) is 1. The third-order valence-corrected chi connectivity index (χ3v) is 0. The van der Waals surface area contributed by atoms with Gasteiger partial charge in [0, 0.05) is 0 Å². The van der Waals surface area contributed by atoms with Crippen molar-refractivity contribution >= 4 is 31.2 Å². The highest BCUT2D eigenvalue weighted by atomic mass is 28.3. The van der Waals surface area contributed by atoms with Crippen LogP contribution in [0.4, 0.5) is 0 Å². The molecule has 0 heterocycles. The number of nitrogens with zero attached hydrogens (tertiary/aromatic N) is 1. The van der Waals surface area contributed by atoms with Crippen LogP contribution in [0.3, 0.4) is 0 Å². The molecule has 0 atom stereocenters. The second-order valence-corrected chi connectivity index (χ2v) is 3.02. The third kappa shape index (κ3) is 18.2. The van der Waals surface area contributed by atoms with Crippen LogP contribution in [0.1, 0.15) is 0 Å². The average molecular weight is 98.3 g/mol. The molecule has 9 radical (unpaired) electrons. The van der Waals surface area contributed by atoms with Crippen LogP contribution in [-0.2, 0) is 0 Å². The fraction of sp³-hybridized carbons (Fsp3) is 0. The minimum Gasteiger partial charge on any atom is -0.379 e. The van der Waals surface area contributed by atoms with E-state index >= 15 is 0 Å². The first kappa shape index (κ1) is 4.61. The molecule has 17 valence electrons. The van der Waals surface area contributed by atoms with E-state index in [-0.39, 0.29) is 0 Å². The van der Waals surface area contributed by atoms with Gasteiger partial charge in [-0.3, -0.25) is 0 Å². The topological polar surface area (TPSA) is 3.24 Å². The van der Waals surface area contributed by atoms with Crippen molar-refractivity contribution in [1.82, 2.24) is 3.90 Å². The van der Waals surface area contributed by atoms with Gasteiger partial charge in [-0.2, -0.15) is 0 Å². The molecule has 0 saturated heterocycles. The Bertz CT molecular complexity index is 8.00. The van der Waals surface area contributed by atoms with Crippen LogP contribution in [0.2, 0.25) is 0 Å². The molecule has 1 nitrogen and oxygen atoms in total. The van der Waals surface area contributed by atoms with Gasteiger partial charge in [0.15, 0.2) is 0 Å². The fourth-order valence-electron chi connectivity index (χ4n) is 0. The predicted molar refractivity (Wildman–Crippen MR) is 19.1 cm³/mol. The van der Waals surface area contributed by atoms with Crippen molar-refractivity contribution in [2.75, 3.05) is 0 Å². The first-order chi connectivity index (χ1) is 1.73. The Hall–Kier alpha value is 0.611. The van der Waals surface area contributed by atoms with Crippen LogP contribution in [0.15, 0.2) is 0 Å². The van der Waals surface area contributed by atoms with Crippen LogP contribution in [0, 0.1) is 0 Å². The standard InChI is InChI=1S/NSi3/c2-1(3)4. The quantitative estimate of drug-likeness (QED) is 0.335. The lowest BCUT2D eigenvalue weighted by atomic mass is 13.8. The van der Waals surface area contributed by atoms with Crippen LogP contribution in [0.25, 0.3) is 0 Å². The molecule has 0 fully saturated rings. The van der Waals surface area contributed by atoms with Gasteiger partial charge in [0.2, 0.25) is 0 Å². The summed E-state index contributed by atoms with van der Waals surface area (Å²) in [5, 5.41) is 0. The maximum Gasteiger partial charge on any atom is 0.126 e. The molecule has 0 amide bonds. The molecule has 0 aromatic heterocycles. The summed E-state index contributed by atoms with van der Waals surface area (Å²) in [5.74, 6) is 0. The molecule has 4 heteroatoms. The van der Waals surface area contributed by atoms with Crippen molar-refractivity contribution in [3.05, 3.63) is 0 Å². The van der Waals surface area contributed by atoms with Crippen molar-refractivity contribution < 1.29 is 0 Å². The third-order valence-electron chi connectivity index (χ3n) is 0. The van der Waals surface area contributed by atoms with Crippen molar-refractivity contribution in [1.29, 1.82) is 0 Å². The Morgan fingerprint density at radius 2 is 1.00 bits per heavy atom. The molecule has 0 bridgehead atoms. The second-order valence-electron chi connectivity index (χ2n) is 0.335. The molecule has 0 rings (SSSR count). The van der Waals surface area contributed by atoms with Gasteiger partial charge < -0.3 is 3.90 Å². The molecule has 0 aliphatic heterocycles. The monoisotopic (exact) mass is 97.9 g/mol. The van der Waals surface area contributed by atoms with E-state index in [0.29, 0.717) is 0 Å². The van der Waals surface area contributed by atoms with Gasteiger partial charge in [-0.25, -0.2) is 0 Å². The first-order valence-electron chi connectivity index (χ1n) is 0.671. The lowest BCUT2D eigenvalue weighted by molar-refractivity contribution is 1.18. The predicted octanol–water partition coefficient (Wildman–Crippen LogP) is -1.46. The van der Waals surface area contributed by atoms with E-state index in [1.807, 2.05) is 0 Å². The van der Waals surface area contributed by atoms with Gasteiger partial charge in [-0.1, -0.05) is 0 Å². The highest BCUT2D eigenvalue weighted by Crippen LogP contribution is 1.38. The summed E-state index contributed by atoms with van der Waals surface area (Å²) < 4.78 is 1.42. The van der Waals surface area contributed by atoms with Crippen LogP contribution < -0.4 is 0 Å². The van der Waals surface area contributed by atoms with Crippen molar-refractivity contribution in [2.45, 2.75) is 0 Å². The Morgan fingerprint density at radius 1 is 1.00 bits per heavy atom. The molecule has 0 aromatic carbocycles. The van der Waals surface area contributed by atoms with E-state index in [9.17, 15) is 0 Å². The van der Waals surface area contributed by atoms with Crippen LogP contribution in [-0.4, -0.2) is 35.1 Å². The highest BCUT2D eigenvalue weighted by Gasteiger charge is 1.63. The maximum atomic E-state index is 2.97. The molecule has 0 unspecified atom stereocenters. The summed E-state index contributed by atoms with van der Waals surface area (Å²) >= 11 is 0. The molecule has 0 N–H and O–H groups in total. The smallest absolute Gasteiger partial charge is 0.126 e. The second kappa shape index (κ2) is 1.89. The molecule has 0 aromatic rings. The average Bonchev–Trinajstić information content (AvgIpc) is 0.811. The Morgan fingerprint density at radius 3 is 1.00 bits per heavy atom. The Labute approximate surface area is 35.9 Å². The molecular formula is NSi3. The largest absolute Gasteiger partial charge is 0.379 e. The van der Waals surface area contributed by atoms with Gasteiger partial charge >= 0.3 is 0 Å². The van der Waals surface area contributed by atoms with Gasteiger partial charge in [-0.05, 0) is 0 Å². The number of hydrogen-bond donors (Lipinski definition) is 0. The van der Waals surface area contributed by atoms with E-state index in [0.717, 1.165) is 0 Å². The van der Waals surface area contributed by atoms with Gasteiger partial charge in [-0.15, -0.1) is 0 Å². The molecular weight excluding hydrogens is 98.3 g/mol. The fourth-order valence-corrected chi connectivity index (χ4v) is 0. The van der Waals surface area contributed by atoms with E-state index in [4.69, 9.17) is 0 Å². The zero-order valence-corrected chi connectivity index (χ0v) is 4.95. The lowest BCUT2D eigenvalue weighted by Gasteiger charge is -1.88. The highest BCUT2D eigenvalue weighted by molar-refractivity contribution is 6.41. The molecule has 0 aliphatic carbocycles. The zero-order valence-electron chi connectivity index (χ0n) is 1.95. The lowest BCUT2D eigenvalue weighted by Crippen LogP contribution is -2.08. The normalized spacial score (nSPS) is 9.00. The SMILES string of the molecule is [Si]N([Si])[Si]. The van der Waals surface area contributed by atoms with E-state index in [2.05, 4.69) is 31.2 Å². The summed E-state index contributed by atoms with van der Waals surface area (Å²) in [6.07, 6.45) is 0. The summed E-state index contributed by atoms with van der Waals surface area (Å²) in [6, 6.07) is 0. The molecule has 0 saturated carbocycles. The van der Waals surface area contributed by atoms with Gasteiger partial charge in [0.05, 0.1) is 0 Å². The molecule has 4 heavy (non-hydrogen) atoms. The zero-order chi connectivity index (χ0) is 3.58. The molecule has 0 aliphatic rings. The van der Waals surface area contributed by atoms with Crippen molar-refractivity contribution in [3.8, 4) is 0 Å². The van der Waals surface area contributed by atoms with E-state index in [1.165, 1.54) is 3.90 Å². The van der Waals surface area contributed by atoms with E-state index in [1.54, 1.807) is 0 Å². The maximum absolute atomic E-state index is 2.97. The minimum atomic E-state index is 1.42. The summed E-state index contributed by atoms with van der Waals surface area (Å²) in [5.41, 5.74) is 0. The van der Waals surface area contributed by atoms with Crippen LogP contribution >= 0.6 is 0 Å². The summed E-state index contributed by atoms with van der Waals surface area (Å²) in [4.78, 5) is 0. The van der Waals surface area contributed by atoms with Crippen molar-refractivity contribution in [3.63, 3.8) is 0 Å². The molecule has 0 spiro atoms. The van der Waals surface area contributed by atoms with Crippen molar-refractivity contribution in [2.24, 2.45) is 0 Å². The summed E-state index contributed by atoms with van der Waals surface area (Å²) in [6.45, 7) is 0. The number of rotatable bonds is 0. The minimum absolute atomic E-state index is 1.42. The van der Waals surface area contributed by atoms with Crippen LogP contribution in [0.5, 0.6) is 0 Å².